The molecule has 1 aliphatic rings. The Kier molecular flexibility index (Phi) is 2.99. The Morgan fingerprint density at radius 1 is 1.46 bits per heavy atom. The summed E-state index contributed by atoms with van der Waals surface area (Å²) in [5, 5.41) is 0.892. The molecule has 1 fully saturated rings. The highest BCUT2D eigenvalue weighted by Crippen LogP contribution is 2.41. The van der Waals surface area contributed by atoms with E-state index in [0.717, 1.165) is 11.7 Å². The van der Waals surface area contributed by atoms with Crippen LogP contribution in [-0.4, -0.2) is 5.25 Å². The second kappa shape index (κ2) is 4.05. The molecule has 0 bridgehead atoms. The molecule has 0 saturated heterocycles. The van der Waals surface area contributed by atoms with Crippen LogP contribution in [-0.2, 0) is 6.42 Å². The van der Waals surface area contributed by atoms with Crippen molar-refractivity contribution in [1.29, 1.82) is 0 Å². The Morgan fingerprint density at radius 2 is 2.23 bits per heavy atom. The van der Waals surface area contributed by atoms with Gasteiger partial charge in [0.25, 0.3) is 0 Å². The van der Waals surface area contributed by atoms with Crippen molar-refractivity contribution in [3.63, 3.8) is 0 Å². The minimum absolute atomic E-state index is 0.892. The third-order valence-corrected chi connectivity index (χ3v) is 4.56. The first-order chi connectivity index (χ1) is 6.29. The first-order valence-corrected chi connectivity index (χ1v) is 6.42. The molecule has 0 amide bonds. The van der Waals surface area contributed by atoms with E-state index in [0.29, 0.717) is 0 Å². The van der Waals surface area contributed by atoms with Crippen LogP contribution in [0.1, 0.15) is 25.3 Å². The van der Waals surface area contributed by atoms with Crippen molar-refractivity contribution < 1.29 is 0 Å². The van der Waals surface area contributed by atoms with E-state index in [1.54, 1.807) is 0 Å². The summed E-state index contributed by atoms with van der Waals surface area (Å²) in [7, 11) is 0. The number of thioether (sulfide) groups is 1. The fraction of sp³-hybridized carbons (Fsp3) is 0.455. The molecule has 0 nitrogen and oxygen atoms in total. The van der Waals surface area contributed by atoms with Crippen LogP contribution >= 0.6 is 27.7 Å². The number of benzene rings is 1. The Bertz CT molecular complexity index is 305. The zero-order chi connectivity index (χ0) is 9.26. The molecule has 1 saturated carbocycles. The van der Waals surface area contributed by atoms with Gasteiger partial charge in [-0.05, 0) is 52.9 Å². The SMILES string of the molecule is CCc1ccc(SC2CC2)c(Br)c1. The van der Waals surface area contributed by atoms with Crippen LogP contribution in [0.4, 0.5) is 0 Å². The van der Waals surface area contributed by atoms with Crippen molar-refractivity contribution in [2.24, 2.45) is 0 Å². The average molecular weight is 257 g/mol. The summed E-state index contributed by atoms with van der Waals surface area (Å²) in [6.45, 7) is 2.19. The Morgan fingerprint density at radius 3 is 2.77 bits per heavy atom. The zero-order valence-corrected chi connectivity index (χ0v) is 10.1. The van der Waals surface area contributed by atoms with E-state index in [2.05, 4.69) is 41.1 Å². The molecule has 0 spiro atoms. The van der Waals surface area contributed by atoms with Crippen molar-refractivity contribution in [3.05, 3.63) is 28.2 Å². The van der Waals surface area contributed by atoms with E-state index in [1.807, 2.05) is 11.8 Å². The fourth-order valence-corrected chi connectivity index (χ4v) is 2.98. The molecule has 1 aliphatic carbocycles. The second-order valence-electron chi connectivity index (χ2n) is 3.44. The lowest BCUT2D eigenvalue weighted by Crippen LogP contribution is -1.83. The lowest BCUT2D eigenvalue weighted by molar-refractivity contribution is 1.12. The highest BCUT2D eigenvalue weighted by Gasteiger charge is 2.23. The summed E-state index contributed by atoms with van der Waals surface area (Å²) in [5.74, 6) is 0. The first kappa shape index (κ1) is 9.60. The molecule has 1 aromatic carbocycles. The molecular weight excluding hydrogens is 244 g/mol. The lowest BCUT2D eigenvalue weighted by Gasteiger charge is -2.04. The van der Waals surface area contributed by atoms with Crippen LogP contribution in [0.3, 0.4) is 0 Å². The van der Waals surface area contributed by atoms with Crippen LogP contribution in [0.5, 0.6) is 0 Å². The Labute approximate surface area is 92.2 Å². The number of hydrogen-bond donors (Lipinski definition) is 0. The molecule has 0 heterocycles. The maximum atomic E-state index is 3.62. The monoisotopic (exact) mass is 256 g/mol. The molecule has 2 rings (SSSR count). The van der Waals surface area contributed by atoms with E-state index in [-0.39, 0.29) is 0 Å². The maximum absolute atomic E-state index is 3.62. The third-order valence-electron chi connectivity index (χ3n) is 2.22. The van der Waals surface area contributed by atoms with E-state index in [1.165, 1.54) is 27.8 Å². The van der Waals surface area contributed by atoms with Crippen molar-refractivity contribution in [2.75, 3.05) is 0 Å². The van der Waals surface area contributed by atoms with Gasteiger partial charge in [0.15, 0.2) is 0 Å². The van der Waals surface area contributed by atoms with Crippen molar-refractivity contribution in [3.8, 4) is 0 Å². The summed E-state index contributed by atoms with van der Waals surface area (Å²) in [4.78, 5) is 1.40. The number of aryl methyl sites for hydroxylation is 1. The van der Waals surface area contributed by atoms with E-state index < -0.39 is 0 Å². The minimum atomic E-state index is 0.892. The Balaban J connectivity index is 2.15. The summed E-state index contributed by atoms with van der Waals surface area (Å²) in [5.41, 5.74) is 1.41. The lowest BCUT2D eigenvalue weighted by atomic mass is 10.2. The molecule has 0 radical (unpaired) electrons. The van der Waals surface area contributed by atoms with E-state index >= 15 is 0 Å². The van der Waals surface area contributed by atoms with Crippen molar-refractivity contribution in [1.82, 2.24) is 0 Å². The van der Waals surface area contributed by atoms with Gasteiger partial charge in [0.1, 0.15) is 0 Å². The van der Waals surface area contributed by atoms with Gasteiger partial charge in [-0.2, -0.15) is 0 Å². The normalized spacial score (nSPS) is 16.2. The molecule has 0 atom stereocenters. The Hall–Kier alpha value is 0.0500. The van der Waals surface area contributed by atoms with Gasteiger partial charge >= 0.3 is 0 Å². The van der Waals surface area contributed by atoms with Crippen LogP contribution in [0.2, 0.25) is 0 Å². The fourth-order valence-electron chi connectivity index (χ4n) is 1.23. The predicted molar refractivity (Wildman–Crippen MR) is 62.4 cm³/mol. The van der Waals surface area contributed by atoms with E-state index in [4.69, 9.17) is 0 Å². The average Bonchev–Trinajstić information content (AvgIpc) is 2.92. The van der Waals surface area contributed by atoms with Crippen LogP contribution in [0, 0.1) is 0 Å². The summed E-state index contributed by atoms with van der Waals surface area (Å²) in [6, 6.07) is 6.71. The van der Waals surface area contributed by atoms with Gasteiger partial charge in [0, 0.05) is 14.6 Å². The van der Waals surface area contributed by atoms with Gasteiger partial charge in [-0.1, -0.05) is 13.0 Å². The molecule has 0 aliphatic heterocycles. The topological polar surface area (TPSA) is 0 Å². The summed E-state index contributed by atoms with van der Waals surface area (Å²) in [6.07, 6.45) is 3.91. The first-order valence-electron chi connectivity index (χ1n) is 4.74. The molecule has 0 unspecified atom stereocenters. The highest BCUT2D eigenvalue weighted by molar-refractivity contribution is 9.10. The summed E-state index contributed by atoms with van der Waals surface area (Å²) < 4.78 is 1.27. The number of rotatable bonds is 3. The van der Waals surface area contributed by atoms with Crippen molar-refractivity contribution >= 4 is 27.7 Å². The minimum Gasteiger partial charge on any atom is -0.122 e. The maximum Gasteiger partial charge on any atom is 0.0314 e. The number of hydrogen-bond acceptors (Lipinski definition) is 1. The standard InChI is InChI=1S/C11H13BrS/c1-2-8-3-6-11(10(12)7-8)13-9-4-5-9/h3,6-7,9H,2,4-5H2,1H3. The quantitative estimate of drug-likeness (QED) is 0.779. The second-order valence-corrected chi connectivity index (χ2v) is 5.63. The molecule has 2 heteroatoms. The van der Waals surface area contributed by atoms with Gasteiger partial charge in [0.2, 0.25) is 0 Å². The van der Waals surface area contributed by atoms with Crippen LogP contribution < -0.4 is 0 Å². The molecular formula is C11H13BrS. The summed E-state index contributed by atoms with van der Waals surface area (Å²) >= 11 is 5.63. The van der Waals surface area contributed by atoms with Gasteiger partial charge in [-0.25, -0.2) is 0 Å². The smallest absolute Gasteiger partial charge is 0.0314 e. The van der Waals surface area contributed by atoms with Gasteiger partial charge in [-0.15, -0.1) is 11.8 Å². The molecule has 13 heavy (non-hydrogen) atoms. The molecule has 70 valence electrons. The molecule has 1 aromatic rings. The predicted octanol–water partition coefficient (Wildman–Crippen LogP) is 4.27. The zero-order valence-electron chi connectivity index (χ0n) is 7.72. The van der Waals surface area contributed by atoms with Crippen LogP contribution in [0.25, 0.3) is 0 Å². The van der Waals surface area contributed by atoms with Gasteiger partial charge < -0.3 is 0 Å². The van der Waals surface area contributed by atoms with Gasteiger partial charge in [0.05, 0.1) is 0 Å². The largest absolute Gasteiger partial charge is 0.122 e. The third kappa shape index (κ3) is 2.50. The van der Waals surface area contributed by atoms with Gasteiger partial charge in [-0.3, -0.25) is 0 Å². The molecule has 0 N–H and O–H groups in total. The highest BCUT2D eigenvalue weighted by atomic mass is 79.9. The molecule has 0 aromatic heterocycles. The van der Waals surface area contributed by atoms with Crippen LogP contribution in [0.15, 0.2) is 27.6 Å². The van der Waals surface area contributed by atoms with Crippen molar-refractivity contribution in [2.45, 2.75) is 36.3 Å². The van der Waals surface area contributed by atoms with E-state index in [9.17, 15) is 0 Å². The number of halogens is 1.